The molecule has 2 rings (SSSR count). The van der Waals surface area contributed by atoms with Gasteiger partial charge in [-0.05, 0) is 43.2 Å². The maximum absolute atomic E-state index is 11.9. The molecule has 0 unspecified atom stereocenters. The van der Waals surface area contributed by atoms with Gasteiger partial charge in [0.2, 0.25) is 5.91 Å². The summed E-state index contributed by atoms with van der Waals surface area (Å²) in [6.45, 7) is 5.27. The lowest BCUT2D eigenvalue weighted by Crippen LogP contribution is -2.21. The van der Waals surface area contributed by atoms with Crippen LogP contribution in [0, 0.1) is 13.8 Å². The van der Waals surface area contributed by atoms with Crippen LogP contribution in [0.25, 0.3) is 0 Å². The Morgan fingerprint density at radius 3 is 2.85 bits per heavy atom. The van der Waals surface area contributed by atoms with Crippen molar-refractivity contribution in [2.45, 2.75) is 26.8 Å². The third-order valence-corrected chi connectivity index (χ3v) is 3.08. The Morgan fingerprint density at radius 2 is 2.10 bits per heavy atom. The van der Waals surface area contributed by atoms with Crippen LogP contribution in [0.1, 0.15) is 23.3 Å². The lowest BCUT2D eigenvalue weighted by molar-refractivity contribution is -0.116. The van der Waals surface area contributed by atoms with Crippen molar-refractivity contribution in [3.63, 3.8) is 0 Å². The summed E-state index contributed by atoms with van der Waals surface area (Å²) in [4.78, 5) is 11.9. The molecule has 20 heavy (non-hydrogen) atoms. The Kier molecular flexibility index (Phi) is 4.96. The molecule has 106 valence electrons. The zero-order valence-electron chi connectivity index (χ0n) is 11.9. The monoisotopic (exact) mass is 272 g/mol. The van der Waals surface area contributed by atoms with Crippen LogP contribution in [0.15, 0.2) is 41.0 Å². The second-order valence-electron chi connectivity index (χ2n) is 4.87. The molecule has 0 aliphatic carbocycles. The van der Waals surface area contributed by atoms with Gasteiger partial charge in [0.25, 0.3) is 0 Å². The highest BCUT2D eigenvalue weighted by atomic mass is 16.3. The van der Waals surface area contributed by atoms with E-state index in [1.165, 1.54) is 0 Å². The average molecular weight is 272 g/mol. The fraction of sp³-hybridized carbons (Fsp3) is 0.312. The van der Waals surface area contributed by atoms with Crippen LogP contribution in [0.5, 0.6) is 0 Å². The minimum absolute atomic E-state index is 0.0191. The van der Waals surface area contributed by atoms with Gasteiger partial charge in [-0.25, -0.2) is 0 Å². The van der Waals surface area contributed by atoms with Crippen LogP contribution in [0.4, 0.5) is 5.69 Å². The lowest BCUT2D eigenvalue weighted by Gasteiger charge is -2.09. The maximum atomic E-state index is 11.9. The maximum Gasteiger partial charge on any atom is 0.225 e. The Balaban J connectivity index is 1.73. The summed E-state index contributed by atoms with van der Waals surface area (Å²) >= 11 is 0. The van der Waals surface area contributed by atoms with E-state index in [2.05, 4.69) is 10.6 Å². The van der Waals surface area contributed by atoms with Gasteiger partial charge in [0.15, 0.2) is 0 Å². The van der Waals surface area contributed by atoms with Crippen molar-refractivity contribution in [2.24, 2.45) is 0 Å². The van der Waals surface area contributed by atoms with Gasteiger partial charge in [0.05, 0.1) is 12.8 Å². The minimum Gasteiger partial charge on any atom is -0.468 e. The number of nitrogens with one attached hydrogen (secondary N) is 2. The van der Waals surface area contributed by atoms with Crippen molar-refractivity contribution in [1.82, 2.24) is 5.32 Å². The van der Waals surface area contributed by atoms with E-state index >= 15 is 0 Å². The number of benzene rings is 1. The molecular weight excluding hydrogens is 252 g/mol. The van der Waals surface area contributed by atoms with Crippen LogP contribution >= 0.6 is 0 Å². The Morgan fingerprint density at radius 1 is 1.25 bits per heavy atom. The molecule has 0 bridgehead atoms. The number of furan rings is 1. The van der Waals surface area contributed by atoms with Crippen molar-refractivity contribution in [1.29, 1.82) is 0 Å². The molecule has 0 atom stereocenters. The molecule has 4 heteroatoms. The molecule has 0 spiro atoms. The Labute approximate surface area is 119 Å². The van der Waals surface area contributed by atoms with Gasteiger partial charge < -0.3 is 15.1 Å². The molecule has 4 nitrogen and oxygen atoms in total. The zero-order valence-corrected chi connectivity index (χ0v) is 11.9. The second-order valence-corrected chi connectivity index (χ2v) is 4.87. The molecule has 2 aromatic rings. The van der Waals surface area contributed by atoms with Gasteiger partial charge in [-0.15, -0.1) is 0 Å². The number of anilines is 1. The highest BCUT2D eigenvalue weighted by Crippen LogP contribution is 2.16. The van der Waals surface area contributed by atoms with E-state index < -0.39 is 0 Å². The van der Waals surface area contributed by atoms with E-state index in [0.29, 0.717) is 19.5 Å². The first-order valence-electron chi connectivity index (χ1n) is 6.75. The van der Waals surface area contributed by atoms with Crippen molar-refractivity contribution in [3.8, 4) is 0 Å². The number of hydrogen-bond donors (Lipinski definition) is 2. The molecule has 0 saturated carbocycles. The van der Waals surface area contributed by atoms with Gasteiger partial charge in [-0.1, -0.05) is 12.1 Å². The third-order valence-electron chi connectivity index (χ3n) is 3.08. The molecule has 0 aliphatic rings. The van der Waals surface area contributed by atoms with Crippen LogP contribution in [0.3, 0.4) is 0 Å². The standard InChI is InChI=1S/C16H20N2O2/c1-12-5-6-13(2)15(10-12)18-16(19)7-8-17-11-14-4-3-9-20-14/h3-6,9-10,17H,7-8,11H2,1-2H3,(H,18,19). The predicted octanol–water partition coefficient (Wildman–Crippen LogP) is 3.01. The first kappa shape index (κ1) is 14.3. The molecule has 1 aromatic heterocycles. The molecule has 1 heterocycles. The summed E-state index contributed by atoms with van der Waals surface area (Å²) in [5.41, 5.74) is 3.11. The normalized spacial score (nSPS) is 10.5. The Hall–Kier alpha value is -2.07. The molecule has 2 N–H and O–H groups in total. The number of aryl methyl sites for hydroxylation is 2. The van der Waals surface area contributed by atoms with Gasteiger partial charge in [-0.2, -0.15) is 0 Å². The van der Waals surface area contributed by atoms with Crippen LogP contribution in [-0.4, -0.2) is 12.5 Å². The zero-order chi connectivity index (χ0) is 14.4. The van der Waals surface area contributed by atoms with Crippen molar-refractivity contribution in [3.05, 3.63) is 53.5 Å². The summed E-state index contributed by atoms with van der Waals surface area (Å²) in [7, 11) is 0. The first-order valence-corrected chi connectivity index (χ1v) is 6.75. The van der Waals surface area contributed by atoms with Gasteiger partial charge >= 0.3 is 0 Å². The minimum atomic E-state index is 0.0191. The van der Waals surface area contributed by atoms with E-state index in [1.807, 2.05) is 44.2 Å². The smallest absolute Gasteiger partial charge is 0.225 e. The number of carbonyl (C=O) groups is 1. The fourth-order valence-corrected chi connectivity index (χ4v) is 1.91. The summed E-state index contributed by atoms with van der Waals surface area (Å²) < 4.78 is 5.20. The predicted molar refractivity (Wildman–Crippen MR) is 79.6 cm³/mol. The van der Waals surface area contributed by atoms with Crippen LogP contribution in [0.2, 0.25) is 0 Å². The van der Waals surface area contributed by atoms with Crippen molar-refractivity contribution >= 4 is 11.6 Å². The van der Waals surface area contributed by atoms with E-state index in [1.54, 1.807) is 6.26 Å². The number of hydrogen-bond acceptors (Lipinski definition) is 3. The fourth-order valence-electron chi connectivity index (χ4n) is 1.91. The molecule has 1 amide bonds. The summed E-state index contributed by atoms with van der Waals surface area (Å²) in [5.74, 6) is 0.894. The summed E-state index contributed by atoms with van der Waals surface area (Å²) in [5, 5.41) is 6.12. The summed E-state index contributed by atoms with van der Waals surface area (Å²) in [6.07, 6.45) is 2.08. The topological polar surface area (TPSA) is 54.3 Å². The van der Waals surface area contributed by atoms with Crippen molar-refractivity contribution < 1.29 is 9.21 Å². The summed E-state index contributed by atoms with van der Waals surface area (Å²) in [6, 6.07) is 9.80. The second kappa shape index (κ2) is 6.91. The van der Waals surface area contributed by atoms with Crippen LogP contribution < -0.4 is 10.6 Å². The first-order chi connectivity index (χ1) is 9.65. The molecule has 0 aliphatic heterocycles. The van der Waals surface area contributed by atoms with E-state index in [4.69, 9.17) is 4.42 Å². The average Bonchev–Trinajstić information content (AvgIpc) is 2.92. The van der Waals surface area contributed by atoms with E-state index in [0.717, 1.165) is 22.6 Å². The van der Waals surface area contributed by atoms with Gasteiger partial charge in [0, 0.05) is 18.7 Å². The number of rotatable bonds is 6. The Bertz CT molecular complexity index is 562. The van der Waals surface area contributed by atoms with E-state index in [-0.39, 0.29) is 5.91 Å². The highest BCUT2D eigenvalue weighted by molar-refractivity contribution is 5.91. The number of amides is 1. The lowest BCUT2D eigenvalue weighted by atomic mass is 10.1. The van der Waals surface area contributed by atoms with Crippen LogP contribution in [-0.2, 0) is 11.3 Å². The molecule has 0 saturated heterocycles. The molecule has 0 radical (unpaired) electrons. The third kappa shape index (κ3) is 4.24. The van der Waals surface area contributed by atoms with Gasteiger partial charge in [-0.3, -0.25) is 4.79 Å². The quantitative estimate of drug-likeness (QED) is 0.795. The largest absolute Gasteiger partial charge is 0.468 e. The SMILES string of the molecule is Cc1ccc(C)c(NC(=O)CCNCc2ccco2)c1. The number of carbonyl (C=O) groups excluding carboxylic acids is 1. The highest BCUT2D eigenvalue weighted by Gasteiger charge is 2.05. The molecule has 1 aromatic carbocycles. The molecular formula is C16H20N2O2. The van der Waals surface area contributed by atoms with E-state index in [9.17, 15) is 4.79 Å². The molecule has 0 fully saturated rings. The van der Waals surface area contributed by atoms with Crippen molar-refractivity contribution in [2.75, 3.05) is 11.9 Å². The van der Waals surface area contributed by atoms with Gasteiger partial charge in [0.1, 0.15) is 5.76 Å².